The van der Waals surface area contributed by atoms with Gasteiger partial charge >= 0.3 is 0 Å². The highest BCUT2D eigenvalue weighted by atomic mass is 16.5. The molecular weight excluding hydrogens is 272 g/mol. The molecule has 21 heavy (non-hydrogen) atoms. The Morgan fingerprint density at radius 2 is 2.14 bits per heavy atom. The number of hydrogen-bond acceptors (Lipinski definition) is 5. The SMILES string of the molecule is COCCN1CCC(NC(=O)CNC(=O)[C@@H](N)C(C)C)C1. The van der Waals surface area contributed by atoms with Crippen LogP contribution in [0.5, 0.6) is 0 Å². The average molecular weight is 300 g/mol. The molecule has 4 N–H and O–H groups in total. The molecule has 0 aliphatic carbocycles. The van der Waals surface area contributed by atoms with Crippen molar-refractivity contribution in [3.63, 3.8) is 0 Å². The minimum Gasteiger partial charge on any atom is -0.383 e. The van der Waals surface area contributed by atoms with Crippen LogP contribution < -0.4 is 16.4 Å². The average Bonchev–Trinajstić information content (AvgIpc) is 2.88. The summed E-state index contributed by atoms with van der Waals surface area (Å²) in [5, 5.41) is 5.51. The van der Waals surface area contributed by atoms with E-state index >= 15 is 0 Å². The first-order chi connectivity index (χ1) is 9.93. The predicted molar refractivity (Wildman–Crippen MR) is 80.7 cm³/mol. The van der Waals surface area contributed by atoms with E-state index in [1.807, 2.05) is 13.8 Å². The molecule has 1 fully saturated rings. The molecule has 0 aromatic rings. The van der Waals surface area contributed by atoms with Crippen molar-refractivity contribution in [3.8, 4) is 0 Å². The molecule has 1 unspecified atom stereocenters. The molecule has 0 bridgehead atoms. The van der Waals surface area contributed by atoms with Crippen LogP contribution in [0, 0.1) is 5.92 Å². The molecule has 0 spiro atoms. The van der Waals surface area contributed by atoms with Gasteiger partial charge in [-0.2, -0.15) is 0 Å². The molecule has 1 aliphatic rings. The minimum absolute atomic E-state index is 0.0200. The van der Waals surface area contributed by atoms with E-state index < -0.39 is 6.04 Å². The van der Waals surface area contributed by atoms with Gasteiger partial charge in [-0.3, -0.25) is 14.5 Å². The Bertz CT molecular complexity index is 349. The third-order valence-corrected chi connectivity index (χ3v) is 3.69. The zero-order chi connectivity index (χ0) is 15.8. The van der Waals surface area contributed by atoms with Crippen LogP contribution >= 0.6 is 0 Å². The monoisotopic (exact) mass is 300 g/mol. The van der Waals surface area contributed by atoms with Crippen LogP contribution in [0.2, 0.25) is 0 Å². The van der Waals surface area contributed by atoms with Crippen molar-refractivity contribution in [1.29, 1.82) is 0 Å². The summed E-state index contributed by atoms with van der Waals surface area (Å²) in [5.41, 5.74) is 5.71. The van der Waals surface area contributed by atoms with Crippen molar-refractivity contribution >= 4 is 11.8 Å². The Morgan fingerprint density at radius 3 is 2.76 bits per heavy atom. The van der Waals surface area contributed by atoms with Gasteiger partial charge in [0.25, 0.3) is 0 Å². The van der Waals surface area contributed by atoms with E-state index in [1.54, 1.807) is 7.11 Å². The first-order valence-electron chi connectivity index (χ1n) is 7.48. The summed E-state index contributed by atoms with van der Waals surface area (Å²) in [6.45, 7) is 7.09. The Balaban J connectivity index is 2.21. The van der Waals surface area contributed by atoms with E-state index in [9.17, 15) is 9.59 Å². The first kappa shape index (κ1) is 17.9. The molecule has 1 rings (SSSR count). The zero-order valence-corrected chi connectivity index (χ0v) is 13.2. The van der Waals surface area contributed by atoms with Crippen molar-refractivity contribution in [3.05, 3.63) is 0 Å². The van der Waals surface area contributed by atoms with Crippen LogP contribution in [0.1, 0.15) is 20.3 Å². The van der Waals surface area contributed by atoms with E-state index in [1.165, 1.54) is 0 Å². The summed E-state index contributed by atoms with van der Waals surface area (Å²) in [6.07, 6.45) is 0.926. The van der Waals surface area contributed by atoms with Crippen molar-refractivity contribution < 1.29 is 14.3 Å². The summed E-state index contributed by atoms with van der Waals surface area (Å²) >= 11 is 0. The lowest BCUT2D eigenvalue weighted by molar-refractivity contribution is -0.127. The summed E-state index contributed by atoms with van der Waals surface area (Å²) in [4.78, 5) is 25.7. The van der Waals surface area contributed by atoms with Gasteiger partial charge in [0.15, 0.2) is 0 Å². The third-order valence-electron chi connectivity index (χ3n) is 3.69. The summed E-state index contributed by atoms with van der Waals surface area (Å²) in [6, 6.07) is -0.432. The number of hydrogen-bond donors (Lipinski definition) is 3. The van der Waals surface area contributed by atoms with Crippen LogP contribution in [0.15, 0.2) is 0 Å². The number of methoxy groups -OCH3 is 1. The van der Waals surface area contributed by atoms with Gasteiger partial charge in [0.2, 0.25) is 11.8 Å². The molecule has 2 atom stereocenters. The van der Waals surface area contributed by atoms with Crippen molar-refractivity contribution in [2.24, 2.45) is 11.7 Å². The highest BCUT2D eigenvalue weighted by Crippen LogP contribution is 2.08. The van der Waals surface area contributed by atoms with Gasteiger partial charge in [-0.15, -0.1) is 0 Å². The molecule has 1 aliphatic heterocycles. The Hall–Kier alpha value is -1.18. The van der Waals surface area contributed by atoms with Crippen molar-refractivity contribution in [2.45, 2.75) is 32.4 Å². The predicted octanol–water partition coefficient (Wildman–Crippen LogP) is -1.08. The topological polar surface area (TPSA) is 96.7 Å². The number of likely N-dealkylation sites (tertiary alicyclic amines) is 1. The number of nitrogens with zero attached hydrogens (tertiary/aromatic N) is 1. The lowest BCUT2D eigenvalue weighted by Gasteiger charge is -2.17. The maximum atomic E-state index is 11.8. The highest BCUT2D eigenvalue weighted by molar-refractivity contribution is 5.87. The molecule has 7 heteroatoms. The largest absolute Gasteiger partial charge is 0.383 e. The molecule has 0 radical (unpaired) electrons. The Labute approximate surface area is 126 Å². The fourth-order valence-electron chi connectivity index (χ4n) is 2.24. The van der Waals surface area contributed by atoms with Gasteiger partial charge in [-0.05, 0) is 12.3 Å². The molecule has 0 aromatic heterocycles. The van der Waals surface area contributed by atoms with Gasteiger partial charge in [-0.25, -0.2) is 0 Å². The molecule has 0 aromatic carbocycles. The Morgan fingerprint density at radius 1 is 1.43 bits per heavy atom. The van der Waals surface area contributed by atoms with E-state index in [0.717, 1.165) is 26.1 Å². The molecule has 122 valence electrons. The van der Waals surface area contributed by atoms with Crippen molar-refractivity contribution in [2.75, 3.05) is 39.9 Å². The van der Waals surface area contributed by atoms with Crippen LogP contribution in [0.25, 0.3) is 0 Å². The number of nitrogens with one attached hydrogen (secondary N) is 2. The molecular formula is C14H28N4O3. The van der Waals surface area contributed by atoms with E-state index in [0.29, 0.717) is 6.61 Å². The number of amides is 2. The normalized spacial score (nSPS) is 20.5. The fraction of sp³-hybridized carbons (Fsp3) is 0.857. The molecule has 1 heterocycles. The fourth-order valence-corrected chi connectivity index (χ4v) is 2.24. The second-order valence-corrected chi connectivity index (χ2v) is 5.83. The smallest absolute Gasteiger partial charge is 0.239 e. The maximum absolute atomic E-state index is 11.8. The van der Waals surface area contributed by atoms with Gasteiger partial charge in [0.1, 0.15) is 0 Å². The van der Waals surface area contributed by atoms with E-state index in [-0.39, 0.29) is 30.3 Å². The standard InChI is InChI=1S/C14H28N4O3/c1-10(2)13(15)14(20)16-8-12(19)17-11-4-5-18(9-11)6-7-21-3/h10-11,13H,4-9,15H2,1-3H3,(H,16,20)(H,17,19)/t11?,13-/m0/s1. The van der Waals surface area contributed by atoms with Gasteiger partial charge in [-0.1, -0.05) is 13.8 Å². The van der Waals surface area contributed by atoms with Gasteiger partial charge in [0, 0.05) is 32.8 Å². The summed E-state index contributed by atoms with van der Waals surface area (Å²) in [7, 11) is 1.68. The molecule has 0 saturated carbocycles. The van der Waals surface area contributed by atoms with E-state index in [2.05, 4.69) is 15.5 Å². The first-order valence-corrected chi connectivity index (χ1v) is 7.48. The number of nitrogens with two attached hydrogens (primary N) is 1. The summed E-state index contributed by atoms with van der Waals surface area (Å²) in [5.74, 6) is -0.400. The Kier molecular flexibility index (Phi) is 7.63. The number of ether oxygens (including phenoxy) is 1. The molecule has 1 saturated heterocycles. The lowest BCUT2D eigenvalue weighted by atomic mass is 10.1. The van der Waals surface area contributed by atoms with Crippen LogP contribution in [0.3, 0.4) is 0 Å². The van der Waals surface area contributed by atoms with E-state index in [4.69, 9.17) is 10.5 Å². The van der Waals surface area contributed by atoms with Crippen molar-refractivity contribution in [1.82, 2.24) is 15.5 Å². The molecule has 2 amide bonds. The number of rotatable bonds is 8. The summed E-state index contributed by atoms with van der Waals surface area (Å²) < 4.78 is 5.04. The maximum Gasteiger partial charge on any atom is 0.239 e. The minimum atomic E-state index is -0.575. The third kappa shape index (κ3) is 6.41. The number of carbonyl (C=O) groups excluding carboxylic acids is 2. The van der Waals surface area contributed by atoms with Gasteiger partial charge in [0.05, 0.1) is 19.2 Å². The van der Waals surface area contributed by atoms with Gasteiger partial charge < -0.3 is 21.1 Å². The van der Waals surface area contributed by atoms with Crippen LogP contribution in [-0.2, 0) is 14.3 Å². The zero-order valence-electron chi connectivity index (χ0n) is 13.2. The second-order valence-electron chi connectivity index (χ2n) is 5.83. The quantitative estimate of drug-likeness (QED) is 0.530. The number of carbonyl (C=O) groups is 2. The van der Waals surface area contributed by atoms with Crippen LogP contribution in [-0.4, -0.2) is 68.7 Å². The molecule has 7 nitrogen and oxygen atoms in total. The highest BCUT2D eigenvalue weighted by Gasteiger charge is 2.24. The lowest BCUT2D eigenvalue weighted by Crippen LogP contribution is -2.48. The van der Waals surface area contributed by atoms with Crippen LogP contribution in [0.4, 0.5) is 0 Å². The second kappa shape index (κ2) is 8.96.